The average Bonchev–Trinajstić information content (AvgIpc) is 2.73. The Morgan fingerprint density at radius 2 is 1.61 bits per heavy atom. The van der Waals surface area contributed by atoms with E-state index in [1.165, 1.54) is 22.3 Å². The van der Waals surface area contributed by atoms with Crippen molar-refractivity contribution in [3.8, 4) is 0 Å². The monoisotopic (exact) mass is 243 g/mol. The van der Waals surface area contributed by atoms with Crippen molar-refractivity contribution in [2.24, 2.45) is 0 Å². The van der Waals surface area contributed by atoms with Crippen LogP contribution < -0.4 is 5.32 Å². The van der Waals surface area contributed by atoms with E-state index < -0.39 is 0 Å². The molecule has 2 aromatic rings. The Labute approximate surface area is 109 Å². The normalized spacial score (nSPS) is 12.7. The molecule has 96 valence electrons. The lowest BCUT2D eigenvalue weighted by Crippen LogP contribution is -2.18. The van der Waals surface area contributed by atoms with E-state index in [9.17, 15) is 0 Å². The predicted molar refractivity (Wildman–Crippen MR) is 75.0 cm³/mol. The summed E-state index contributed by atoms with van der Waals surface area (Å²) < 4.78 is 5.75. The molecule has 1 N–H and O–H groups in total. The lowest BCUT2D eigenvalue weighted by Gasteiger charge is -2.18. The maximum absolute atomic E-state index is 5.75. The van der Waals surface area contributed by atoms with Crippen LogP contribution in [0.5, 0.6) is 0 Å². The summed E-state index contributed by atoms with van der Waals surface area (Å²) in [6.45, 7) is 8.43. The van der Waals surface area contributed by atoms with Crippen molar-refractivity contribution in [1.82, 2.24) is 5.32 Å². The molecule has 0 bridgehead atoms. The number of hydrogen-bond acceptors (Lipinski definition) is 2. The van der Waals surface area contributed by atoms with E-state index in [1.54, 1.807) is 0 Å². The maximum Gasteiger partial charge on any atom is 0.125 e. The first-order valence-electron chi connectivity index (χ1n) is 6.34. The summed E-state index contributed by atoms with van der Waals surface area (Å²) in [5, 5.41) is 3.34. The Morgan fingerprint density at radius 1 is 0.944 bits per heavy atom. The van der Waals surface area contributed by atoms with Crippen LogP contribution in [0.25, 0.3) is 0 Å². The van der Waals surface area contributed by atoms with Crippen molar-refractivity contribution in [3.05, 3.63) is 58.0 Å². The Bertz CT molecular complexity index is 554. The first-order valence-corrected chi connectivity index (χ1v) is 6.34. The molecule has 0 radical (unpaired) electrons. The largest absolute Gasteiger partial charge is 0.464 e. The van der Waals surface area contributed by atoms with Crippen LogP contribution in [-0.2, 0) is 0 Å². The zero-order valence-electron chi connectivity index (χ0n) is 11.8. The highest BCUT2D eigenvalue weighted by Gasteiger charge is 2.18. The number of hydrogen-bond donors (Lipinski definition) is 1. The molecule has 0 fully saturated rings. The predicted octanol–water partition coefficient (Wildman–Crippen LogP) is 3.82. The summed E-state index contributed by atoms with van der Waals surface area (Å²) in [6, 6.07) is 8.67. The molecule has 1 unspecified atom stereocenters. The van der Waals surface area contributed by atoms with Gasteiger partial charge in [0.05, 0.1) is 6.04 Å². The Morgan fingerprint density at radius 3 is 2.17 bits per heavy atom. The smallest absolute Gasteiger partial charge is 0.125 e. The van der Waals surface area contributed by atoms with Crippen molar-refractivity contribution in [2.75, 3.05) is 7.05 Å². The van der Waals surface area contributed by atoms with Crippen molar-refractivity contribution in [3.63, 3.8) is 0 Å². The third-order valence-electron chi connectivity index (χ3n) is 3.53. The summed E-state index contributed by atoms with van der Waals surface area (Å²) in [5.41, 5.74) is 5.24. The quantitative estimate of drug-likeness (QED) is 0.886. The summed E-state index contributed by atoms with van der Waals surface area (Å²) in [7, 11) is 1.97. The summed E-state index contributed by atoms with van der Waals surface area (Å²) >= 11 is 0. The molecule has 2 heteroatoms. The van der Waals surface area contributed by atoms with Gasteiger partial charge in [0.15, 0.2) is 0 Å². The first kappa shape index (κ1) is 12.9. The highest BCUT2D eigenvalue weighted by molar-refractivity contribution is 5.40. The van der Waals surface area contributed by atoms with E-state index in [0.29, 0.717) is 0 Å². The van der Waals surface area contributed by atoms with E-state index in [1.807, 2.05) is 26.1 Å². The van der Waals surface area contributed by atoms with Crippen LogP contribution in [-0.4, -0.2) is 7.05 Å². The molecule has 0 aliphatic heterocycles. The minimum Gasteiger partial charge on any atom is -0.464 e. The molecule has 1 aromatic heterocycles. The summed E-state index contributed by atoms with van der Waals surface area (Å²) in [4.78, 5) is 0. The van der Waals surface area contributed by atoms with Gasteiger partial charge in [-0.1, -0.05) is 12.1 Å². The summed E-state index contributed by atoms with van der Waals surface area (Å²) in [5.74, 6) is 1.92. The lowest BCUT2D eigenvalue weighted by atomic mass is 9.94. The van der Waals surface area contributed by atoms with Gasteiger partial charge in [0.1, 0.15) is 11.5 Å². The second-order valence-electron chi connectivity index (χ2n) is 4.96. The van der Waals surface area contributed by atoms with Crippen LogP contribution in [0, 0.1) is 27.7 Å². The third-order valence-corrected chi connectivity index (χ3v) is 3.53. The Kier molecular flexibility index (Phi) is 3.58. The van der Waals surface area contributed by atoms with Crippen molar-refractivity contribution < 1.29 is 4.42 Å². The van der Waals surface area contributed by atoms with Gasteiger partial charge in [-0.3, -0.25) is 0 Å². The van der Waals surface area contributed by atoms with E-state index in [0.717, 1.165) is 11.5 Å². The van der Waals surface area contributed by atoms with Gasteiger partial charge in [0.2, 0.25) is 0 Å². The molecule has 2 nitrogen and oxygen atoms in total. The molecule has 1 aromatic carbocycles. The van der Waals surface area contributed by atoms with Crippen LogP contribution in [0.15, 0.2) is 28.7 Å². The van der Waals surface area contributed by atoms with Gasteiger partial charge in [0, 0.05) is 0 Å². The van der Waals surface area contributed by atoms with Crippen LogP contribution >= 0.6 is 0 Å². The zero-order valence-corrected chi connectivity index (χ0v) is 11.8. The number of aryl methyl sites for hydroxylation is 4. The Balaban J connectivity index is 2.48. The molecule has 0 spiro atoms. The summed E-state index contributed by atoms with van der Waals surface area (Å²) in [6.07, 6.45) is 0. The molecule has 0 aliphatic rings. The highest BCUT2D eigenvalue weighted by Crippen LogP contribution is 2.28. The lowest BCUT2D eigenvalue weighted by molar-refractivity contribution is 0.443. The van der Waals surface area contributed by atoms with Gasteiger partial charge in [0.25, 0.3) is 0 Å². The average molecular weight is 243 g/mol. The van der Waals surface area contributed by atoms with Crippen molar-refractivity contribution >= 4 is 0 Å². The third kappa shape index (κ3) is 2.34. The van der Waals surface area contributed by atoms with E-state index in [4.69, 9.17) is 4.42 Å². The minimum atomic E-state index is 0.123. The second-order valence-corrected chi connectivity index (χ2v) is 4.96. The van der Waals surface area contributed by atoms with Gasteiger partial charge < -0.3 is 9.73 Å². The van der Waals surface area contributed by atoms with Crippen molar-refractivity contribution in [1.29, 1.82) is 0 Å². The number of furan rings is 1. The number of benzene rings is 1. The van der Waals surface area contributed by atoms with Crippen molar-refractivity contribution in [2.45, 2.75) is 33.7 Å². The fourth-order valence-corrected chi connectivity index (χ4v) is 2.35. The molecule has 1 heterocycles. The molecule has 2 rings (SSSR count). The molecule has 18 heavy (non-hydrogen) atoms. The molecule has 0 aliphatic carbocycles. The van der Waals surface area contributed by atoms with Gasteiger partial charge in [-0.05, 0) is 69.1 Å². The fraction of sp³-hybridized carbons (Fsp3) is 0.375. The van der Waals surface area contributed by atoms with Gasteiger partial charge in [-0.25, -0.2) is 0 Å². The number of rotatable bonds is 3. The van der Waals surface area contributed by atoms with Gasteiger partial charge in [-0.15, -0.1) is 0 Å². The zero-order chi connectivity index (χ0) is 13.3. The fourth-order valence-electron chi connectivity index (χ4n) is 2.35. The Hall–Kier alpha value is -1.54. The van der Waals surface area contributed by atoms with Crippen LogP contribution in [0.1, 0.15) is 39.8 Å². The first-order chi connectivity index (χ1) is 8.52. The van der Waals surface area contributed by atoms with E-state index >= 15 is 0 Å². The minimum absolute atomic E-state index is 0.123. The van der Waals surface area contributed by atoms with Gasteiger partial charge in [-0.2, -0.15) is 0 Å². The molecular formula is C16H21NO. The molecule has 1 atom stereocenters. The molecule has 0 amide bonds. The molecular weight excluding hydrogens is 222 g/mol. The molecule has 0 saturated carbocycles. The maximum atomic E-state index is 5.75. The second kappa shape index (κ2) is 4.99. The topological polar surface area (TPSA) is 25.2 Å². The van der Waals surface area contributed by atoms with Gasteiger partial charge >= 0.3 is 0 Å². The van der Waals surface area contributed by atoms with E-state index in [-0.39, 0.29) is 6.04 Å². The molecule has 0 saturated heterocycles. The van der Waals surface area contributed by atoms with Crippen LogP contribution in [0.4, 0.5) is 0 Å². The SMILES string of the molecule is CNC(c1ccc(C)o1)c1cc(C)c(C)cc1C. The van der Waals surface area contributed by atoms with Crippen LogP contribution in [0.2, 0.25) is 0 Å². The van der Waals surface area contributed by atoms with Crippen LogP contribution in [0.3, 0.4) is 0 Å². The van der Waals surface area contributed by atoms with E-state index in [2.05, 4.69) is 38.2 Å². The number of nitrogens with one attached hydrogen (secondary N) is 1. The highest BCUT2D eigenvalue weighted by atomic mass is 16.3. The standard InChI is InChI=1S/C16H21NO/c1-10-8-12(3)14(9-11(10)2)16(17-5)15-7-6-13(4)18-15/h6-9,16-17H,1-5H3.